The fourth-order valence-electron chi connectivity index (χ4n) is 1.39. The van der Waals surface area contributed by atoms with Crippen LogP contribution in [-0.2, 0) is 6.54 Å². The van der Waals surface area contributed by atoms with E-state index in [2.05, 4.69) is 17.2 Å². The number of rotatable bonds is 6. The standard InChI is InChI=1S/C11H19N3OS/c1-3-4-5-8(2)13-11(15)9-7-16-10(6-12)14-9/h7-8H,3-6,12H2,1-2H3,(H,13,15). The molecule has 0 saturated carbocycles. The molecule has 0 fully saturated rings. The lowest BCUT2D eigenvalue weighted by molar-refractivity contribution is 0.0933. The molecule has 1 aromatic rings. The van der Waals surface area contributed by atoms with Crippen LogP contribution in [-0.4, -0.2) is 16.9 Å². The Morgan fingerprint density at radius 3 is 3.00 bits per heavy atom. The van der Waals surface area contributed by atoms with Gasteiger partial charge in [-0.3, -0.25) is 4.79 Å². The van der Waals surface area contributed by atoms with Gasteiger partial charge in [0.25, 0.3) is 5.91 Å². The zero-order chi connectivity index (χ0) is 12.0. The van der Waals surface area contributed by atoms with Gasteiger partial charge in [0, 0.05) is 18.0 Å². The van der Waals surface area contributed by atoms with Crippen LogP contribution >= 0.6 is 11.3 Å². The fraction of sp³-hybridized carbons (Fsp3) is 0.636. The van der Waals surface area contributed by atoms with Crippen LogP contribution in [0.1, 0.15) is 48.6 Å². The van der Waals surface area contributed by atoms with Crippen LogP contribution in [0.15, 0.2) is 5.38 Å². The highest BCUT2D eigenvalue weighted by Crippen LogP contribution is 2.09. The molecule has 0 aliphatic rings. The predicted molar refractivity (Wildman–Crippen MR) is 66.5 cm³/mol. The molecule has 0 radical (unpaired) electrons. The van der Waals surface area contributed by atoms with Gasteiger partial charge in [0.1, 0.15) is 10.7 Å². The summed E-state index contributed by atoms with van der Waals surface area (Å²) in [6, 6.07) is 0.204. The number of thiazole rings is 1. The quantitative estimate of drug-likeness (QED) is 0.799. The van der Waals surface area contributed by atoms with Crippen LogP contribution in [0.25, 0.3) is 0 Å². The Hall–Kier alpha value is -0.940. The van der Waals surface area contributed by atoms with Crippen LogP contribution < -0.4 is 11.1 Å². The Morgan fingerprint density at radius 1 is 1.69 bits per heavy atom. The lowest BCUT2D eigenvalue weighted by atomic mass is 10.1. The number of aromatic nitrogens is 1. The number of nitrogens with zero attached hydrogens (tertiary/aromatic N) is 1. The third kappa shape index (κ3) is 3.90. The lowest BCUT2D eigenvalue weighted by Crippen LogP contribution is -2.32. The van der Waals surface area contributed by atoms with Gasteiger partial charge in [-0.2, -0.15) is 0 Å². The van der Waals surface area contributed by atoms with Crippen molar-refractivity contribution in [1.29, 1.82) is 0 Å². The van der Waals surface area contributed by atoms with Crippen molar-refractivity contribution < 1.29 is 4.79 Å². The van der Waals surface area contributed by atoms with Gasteiger partial charge in [0.2, 0.25) is 0 Å². The summed E-state index contributed by atoms with van der Waals surface area (Å²) in [6.07, 6.45) is 3.29. The average molecular weight is 241 g/mol. The molecule has 16 heavy (non-hydrogen) atoms. The van der Waals surface area contributed by atoms with Crippen molar-refractivity contribution in [3.05, 3.63) is 16.1 Å². The first-order chi connectivity index (χ1) is 7.67. The number of nitrogens with two attached hydrogens (primary N) is 1. The molecule has 1 unspecified atom stereocenters. The molecule has 0 saturated heterocycles. The predicted octanol–water partition coefficient (Wildman–Crippen LogP) is 1.91. The number of nitrogens with one attached hydrogen (secondary N) is 1. The molecular weight excluding hydrogens is 222 g/mol. The Kier molecular flexibility index (Phi) is 5.42. The van der Waals surface area contributed by atoms with E-state index in [0.29, 0.717) is 12.2 Å². The van der Waals surface area contributed by atoms with E-state index in [-0.39, 0.29) is 11.9 Å². The van der Waals surface area contributed by atoms with Gasteiger partial charge in [-0.15, -0.1) is 11.3 Å². The second kappa shape index (κ2) is 6.60. The summed E-state index contributed by atoms with van der Waals surface area (Å²) in [4.78, 5) is 15.9. The van der Waals surface area contributed by atoms with Crippen molar-refractivity contribution in [2.75, 3.05) is 0 Å². The summed E-state index contributed by atoms with van der Waals surface area (Å²) >= 11 is 1.43. The molecular formula is C11H19N3OS. The average Bonchev–Trinajstić information content (AvgIpc) is 2.74. The van der Waals surface area contributed by atoms with Gasteiger partial charge in [0.05, 0.1) is 0 Å². The molecule has 0 aromatic carbocycles. The van der Waals surface area contributed by atoms with Crippen LogP contribution in [0.4, 0.5) is 0 Å². The second-order valence-electron chi connectivity index (χ2n) is 3.85. The maximum Gasteiger partial charge on any atom is 0.270 e. The van der Waals surface area contributed by atoms with E-state index in [0.717, 1.165) is 24.3 Å². The molecule has 0 bridgehead atoms. The van der Waals surface area contributed by atoms with Crippen molar-refractivity contribution in [2.24, 2.45) is 5.73 Å². The first kappa shape index (κ1) is 13.1. The molecule has 1 aromatic heterocycles. The van der Waals surface area contributed by atoms with E-state index < -0.39 is 0 Å². The van der Waals surface area contributed by atoms with Gasteiger partial charge in [-0.05, 0) is 13.3 Å². The minimum atomic E-state index is -0.0976. The topological polar surface area (TPSA) is 68.0 Å². The lowest BCUT2D eigenvalue weighted by Gasteiger charge is -2.11. The van der Waals surface area contributed by atoms with Gasteiger partial charge in [-0.25, -0.2) is 4.98 Å². The Labute approximate surface area is 100 Å². The van der Waals surface area contributed by atoms with Gasteiger partial charge < -0.3 is 11.1 Å². The summed E-state index contributed by atoms with van der Waals surface area (Å²) in [7, 11) is 0. The van der Waals surface area contributed by atoms with E-state index in [1.165, 1.54) is 11.3 Å². The first-order valence-corrected chi connectivity index (χ1v) is 6.50. The molecule has 90 valence electrons. The van der Waals surface area contributed by atoms with Crippen LogP contribution in [0.3, 0.4) is 0 Å². The summed E-state index contributed by atoms with van der Waals surface area (Å²) in [5.41, 5.74) is 5.93. The van der Waals surface area contributed by atoms with Crippen molar-refractivity contribution in [3.8, 4) is 0 Å². The Morgan fingerprint density at radius 2 is 2.44 bits per heavy atom. The summed E-state index contributed by atoms with van der Waals surface area (Å²) < 4.78 is 0. The van der Waals surface area contributed by atoms with Crippen molar-refractivity contribution >= 4 is 17.2 Å². The van der Waals surface area contributed by atoms with E-state index in [1.54, 1.807) is 5.38 Å². The number of unbranched alkanes of at least 4 members (excludes halogenated alkanes) is 1. The Balaban J connectivity index is 2.45. The van der Waals surface area contributed by atoms with Crippen LogP contribution in [0.5, 0.6) is 0 Å². The highest BCUT2D eigenvalue weighted by atomic mass is 32.1. The van der Waals surface area contributed by atoms with Gasteiger partial charge in [-0.1, -0.05) is 19.8 Å². The SMILES string of the molecule is CCCCC(C)NC(=O)c1csc(CN)n1. The van der Waals surface area contributed by atoms with Gasteiger partial charge in [0.15, 0.2) is 0 Å². The molecule has 4 nitrogen and oxygen atoms in total. The van der Waals surface area contributed by atoms with Crippen molar-refractivity contribution in [1.82, 2.24) is 10.3 Å². The van der Waals surface area contributed by atoms with E-state index in [4.69, 9.17) is 5.73 Å². The summed E-state index contributed by atoms with van der Waals surface area (Å²) in [5, 5.41) is 5.48. The molecule has 0 aliphatic heterocycles. The third-order valence-electron chi connectivity index (χ3n) is 2.33. The minimum absolute atomic E-state index is 0.0976. The van der Waals surface area contributed by atoms with Crippen molar-refractivity contribution in [3.63, 3.8) is 0 Å². The first-order valence-electron chi connectivity index (χ1n) is 5.62. The smallest absolute Gasteiger partial charge is 0.270 e. The fourth-order valence-corrected chi connectivity index (χ4v) is 2.04. The monoisotopic (exact) mass is 241 g/mol. The normalized spacial score (nSPS) is 12.4. The minimum Gasteiger partial charge on any atom is -0.348 e. The van der Waals surface area contributed by atoms with E-state index in [9.17, 15) is 4.79 Å². The van der Waals surface area contributed by atoms with E-state index in [1.807, 2.05) is 6.92 Å². The summed E-state index contributed by atoms with van der Waals surface area (Å²) in [5.74, 6) is -0.0976. The van der Waals surface area contributed by atoms with Crippen LogP contribution in [0, 0.1) is 0 Å². The third-order valence-corrected chi connectivity index (χ3v) is 3.20. The van der Waals surface area contributed by atoms with Gasteiger partial charge >= 0.3 is 0 Å². The molecule has 1 heterocycles. The zero-order valence-electron chi connectivity index (χ0n) is 9.82. The number of carbonyl (C=O) groups excluding carboxylic acids is 1. The highest BCUT2D eigenvalue weighted by Gasteiger charge is 2.12. The maximum atomic E-state index is 11.7. The molecule has 1 amide bonds. The number of hydrogen-bond acceptors (Lipinski definition) is 4. The van der Waals surface area contributed by atoms with E-state index >= 15 is 0 Å². The number of hydrogen-bond donors (Lipinski definition) is 2. The Bertz CT molecular complexity index is 338. The molecule has 5 heteroatoms. The van der Waals surface area contributed by atoms with Crippen LogP contribution in [0.2, 0.25) is 0 Å². The molecule has 0 spiro atoms. The maximum absolute atomic E-state index is 11.7. The second-order valence-corrected chi connectivity index (χ2v) is 4.79. The van der Waals surface area contributed by atoms with Crippen molar-refractivity contribution in [2.45, 2.75) is 45.7 Å². The zero-order valence-corrected chi connectivity index (χ0v) is 10.6. The summed E-state index contributed by atoms with van der Waals surface area (Å²) in [6.45, 7) is 4.55. The largest absolute Gasteiger partial charge is 0.348 e. The number of carbonyl (C=O) groups is 1. The molecule has 0 aliphatic carbocycles. The highest BCUT2D eigenvalue weighted by molar-refractivity contribution is 7.09. The molecule has 1 atom stereocenters. The molecule has 1 rings (SSSR count). The molecule has 3 N–H and O–H groups in total. The number of amides is 1.